The predicted octanol–water partition coefficient (Wildman–Crippen LogP) is 2.07. The molecule has 1 fully saturated rings. The van der Waals surface area contributed by atoms with E-state index in [1.807, 2.05) is 18.2 Å². The molecule has 0 aliphatic carbocycles. The van der Waals surface area contributed by atoms with E-state index >= 15 is 0 Å². The zero-order chi connectivity index (χ0) is 16.6. The van der Waals surface area contributed by atoms with E-state index in [9.17, 15) is 9.59 Å². The van der Waals surface area contributed by atoms with Crippen LogP contribution in [0.3, 0.4) is 0 Å². The molecule has 6 heteroatoms. The molecule has 0 spiro atoms. The van der Waals surface area contributed by atoms with Gasteiger partial charge in [0.15, 0.2) is 17.1 Å². The highest BCUT2D eigenvalue weighted by Crippen LogP contribution is 2.37. The minimum absolute atomic E-state index is 0.157. The van der Waals surface area contributed by atoms with Gasteiger partial charge in [0, 0.05) is 25.9 Å². The summed E-state index contributed by atoms with van der Waals surface area (Å²) in [5, 5.41) is 0. The molecule has 2 aliphatic rings. The SMILES string of the molecule is CC(=O)OC(C)(C)C(=O)N1CCC(c2ccc3c(c2)OCO3)C1. The van der Waals surface area contributed by atoms with Gasteiger partial charge in [-0.3, -0.25) is 9.59 Å². The van der Waals surface area contributed by atoms with Gasteiger partial charge in [-0.2, -0.15) is 0 Å². The first-order chi connectivity index (χ1) is 10.9. The van der Waals surface area contributed by atoms with Crippen molar-refractivity contribution in [1.82, 2.24) is 4.90 Å². The summed E-state index contributed by atoms with van der Waals surface area (Å²) >= 11 is 0. The third-order valence-electron chi connectivity index (χ3n) is 4.26. The second kappa shape index (κ2) is 5.76. The van der Waals surface area contributed by atoms with Gasteiger partial charge in [-0.1, -0.05) is 6.07 Å². The maximum Gasteiger partial charge on any atom is 0.303 e. The van der Waals surface area contributed by atoms with Crippen molar-refractivity contribution >= 4 is 11.9 Å². The van der Waals surface area contributed by atoms with Crippen molar-refractivity contribution in [3.63, 3.8) is 0 Å². The molecule has 6 nitrogen and oxygen atoms in total. The fourth-order valence-electron chi connectivity index (χ4n) is 3.17. The summed E-state index contributed by atoms with van der Waals surface area (Å²) < 4.78 is 15.9. The minimum atomic E-state index is -1.13. The Bertz CT molecular complexity index is 640. The number of fused-ring (bicyclic) bond motifs is 1. The second-order valence-electron chi connectivity index (χ2n) is 6.45. The molecule has 0 aromatic heterocycles. The first kappa shape index (κ1) is 15.6. The number of hydrogen-bond acceptors (Lipinski definition) is 5. The van der Waals surface area contributed by atoms with E-state index < -0.39 is 11.6 Å². The van der Waals surface area contributed by atoms with E-state index in [0.717, 1.165) is 23.5 Å². The molecule has 1 atom stereocenters. The van der Waals surface area contributed by atoms with Crippen LogP contribution in [0.25, 0.3) is 0 Å². The van der Waals surface area contributed by atoms with Crippen LogP contribution in [0.2, 0.25) is 0 Å². The first-order valence-corrected chi connectivity index (χ1v) is 7.75. The maximum atomic E-state index is 12.6. The summed E-state index contributed by atoms with van der Waals surface area (Å²) in [6.07, 6.45) is 0.877. The van der Waals surface area contributed by atoms with Crippen LogP contribution in [0.1, 0.15) is 38.7 Å². The number of ether oxygens (including phenoxy) is 3. The van der Waals surface area contributed by atoms with Crippen molar-refractivity contribution in [2.45, 2.75) is 38.7 Å². The topological polar surface area (TPSA) is 65.1 Å². The van der Waals surface area contributed by atoms with Gasteiger partial charge in [-0.15, -0.1) is 0 Å². The van der Waals surface area contributed by atoms with Crippen molar-refractivity contribution in [3.8, 4) is 11.5 Å². The summed E-state index contributed by atoms with van der Waals surface area (Å²) in [5.41, 5.74) is 0.00476. The van der Waals surface area contributed by atoms with Crippen molar-refractivity contribution in [2.75, 3.05) is 19.9 Å². The second-order valence-corrected chi connectivity index (χ2v) is 6.45. The van der Waals surface area contributed by atoms with Crippen LogP contribution >= 0.6 is 0 Å². The Balaban J connectivity index is 1.68. The molecule has 0 N–H and O–H groups in total. The van der Waals surface area contributed by atoms with Gasteiger partial charge in [-0.25, -0.2) is 0 Å². The predicted molar refractivity (Wildman–Crippen MR) is 82.3 cm³/mol. The van der Waals surface area contributed by atoms with Crippen LogP contribution in [-0.4, -0.2) is 42.3 Å². The molecule has 124 valence electrons. The van der Waals surface area contributed by atoms with Gasteiger partial charge >= 0.3 is 5.97 Å². The van der Waals surface area contributed by atoms with Gasteiger partial charge in [0.25, 0.3) is 5.91 Å². The van der Waals surface area contributed by atoms with Crippen molar-refractivity contribution in [1.29, 1.82) is 0 Å². The summed E-state index contributed by atoms with van der Waals surface area (Å²) in [6.45, 7) is 6.10. The number of likely N-dealkylation sites (tertiary alicyclic amines) is 1. The van der Waals surface area contributed by atoms with Gasteiger partial charge in [0.2, 0.25) is 6.79 Å². The molecule has 23 heavy (non-hydrogen) atoms. The third kappa shape index (κ3) is 3.11. The molecule has 1 amide bonds. The highest BCUT2D eigenvalue weighted by atomic mass is 16.7. The number of esters is 1. The normalized spacial score (nSPS) is 19.8. The Morgan fingerprint density at radius 1 is 1.26 bits per heavy atom. The number of amides is 1. The van der Waals surface area contributed by atoms with Crippen LogP contribution in [0.5, 0.6) is 11.5 Å². The Hall–Kier alpha value is -2.24. The maximum absolute atomic E-state index is 12.6. The van der Waals surface area contributed by atoms with E-state index in [1.165, 1.54) is 6.92 Å². The number of benzene rings is 1. The average Bonchev–Trinajstić information content (AvgIpc) is 3.13. The summed E-state index contributed by atoms with van der Waals surface area (Å²) in [5.74, 6) is 1.16. The van der Waals surface area contributed by atoms with E-state index in [-0.39, 0.29) is 18.6 Å². The standard InChI is InChI=1S/C17H21NO5/c1-11(19)23-17(2,3)16(20)18-7-6-13(9-18)12-4-5-14-15(8-12)22-10-21-14/h4-5,8,13H,6-7,9-10H2,1-3H3. The zero-order valence-corrected chi connectivity index (χ0v) is 13.6. The number of carbonyl (C=O) groups excluding carboxylic acids is 2. The largest absolute Gasteiger partial charge is 0.454 e. The molecule has 1 aromatic rings. The van der Waals surface area contributed by atoms with Crippen molar-refractivity contribution in [2.24, 2.45) is 0 Å². The number of nitrogens with zero attached hydrogens (tertiary/aromatic N) is 1. The zero-order valence-electron chi connectivity index (χ0n) is 13.6. The van der Waals surface area contributed by atoms with Crippen LogP contribution in [-0.2, 0) is 14.3 Å². The Labute approximate surface area is 135 Å². The van der Waals surface area contributed by atoms with Crippen LogP contribution in [0.4, 0.5) is 0 Å². The molecule has 1 unspecified atom stereocenters. The molecule has 3 rings (SSSR count). The van der Waals surface area contributed by atoms with E-state index in [0.29, 0.717) is 13.1 Å². The van der Waals surface area contributed by atoms with Gasteiger partial charge in [0.05, 0.1) is 0 Å². The molecule has 0 radical (unpaired) electrons. The molecule has 0 saturated carbocycles. The lowest BCUT2D eigenvalue weighted by Crippen LogP contribution is -2.46. The average molecular weight is 319 g/mol. The number of carbonyl (C=O) groups is 2. The quantitative estimate of drug-likeness (QED) is 0.798. The highest BCUT2D eigenvalue weighted by molar-refractivity contribution is 5.87. The lowest BCUT2D eigenvalue weighted by atomic mass is 9.98. The molecule has 1 aromatic carbocycles. The monoisotopic (exact) mass is 319 g/mol. The number of hydrogen-bond donors (Lipinski definition) is 0. The van der Waals surface area contributed by atoms with E-state index in [1.54, 1.807) is 18.7 Å². The van der Waals surface area contributed by atoms with Crippen LogP contribution in [0, 0.1) is 0 Å². The lowest BCUT2D eigenvalue weighted by Gasteiger charge is -2.28. The summed E-state index contributed by atoms with van der Waals surface area (Å²) in [6, 6.07) is 5.91. The third-order valence-corrected chi connectivity index (χ3v) is 4.26. The summed E-state index contributed by atoms with van der Waals surface area (Å²) in [7, 11) is 0. The van der Waals surface area contributed by atoms with E-state index in [2.05, 4.69) is 0 Å². The molecule has 2 heterocycles. The van der Waals surface area contributed by atoms with E-state index in [4.69, 9.17) is 14.2 Å². The van der Waals surface area contributed by atoms with Gasteiger partial charge in [-0.05, 0) is 38.0 Å². The lowest BCUT2D eigenvalue weighted by molar-refractivity contribution is -0.167. The van der Waals surface area contributed by atoms with Gasteiger partial charge in [0.1, 0.15) is 0 Å². The van der Waals surface area contributed by atoms with Gasteiger partial charge < -0.3 is 19.1 Å². The Morgan fingerprint density at radius 2 is 2.00 bits per heavy atom. The molecule has 2 aliphatic heterocycles. The van der Waals surface area contributed by atoms with Crippen LogP contribution in [0.15, 0.2) is 18.2 Å². The fraction of sp³-hybridized carbons (Fsp3) is 0.529. The minimum Gasteiger partial charge on any atom is -0.454 e. The van der Waals surface area contributed by atoms with Crippen molar-refractivity contribution < 1.29 is 23.8 Å². The highest BCUT2D eigenvalue weighted by Gasteiger charge is 2.38. The smallest absolute Gasteiger partial charge is 0.303 e. The Morgan fingerprint density at radius 3 is 2.74 bits per heavy atom. The molecular formula is C17H21NO5. The summed E-state index contributed by atoms with van der Waals surface area (Å²) in [4.78, 5) is 25.5. The van der Waals surface area contributed by atoms with Crippen molar-refractivity contribution in [3.05, 3.63) is 23.8 Å². The molecular weight excluding hydrogens is 298 g/mol. The van der Waals surface area contributed by atoms with Crippen LogP contribution < -0.4 is 9.47 Å². The molecule has 0 bridgehead atoms. The molecule has 1 saturated heterocycles. The fourth-order valence-corrected chi connectivity index (χ4v) is 3.17. The first-order valence-electron chi connectivity index (χ1n) is 7.75. The number of rotatable bonds is 3. The Kier molecular flexibility index (Phi) is 3.92.